The Hall–Kier alpha value is -3.32. The number of hydrogen-bond donors (Lipinski definition) is 1. The van der Waals surface area contributed by atoms with Crippen LogP contribution in [0.3, 0.4) is 0 Å². The van der Waals surface area contributed by atoms with Gasteiger partial charge in [0.25, 0.3) is 5.91 Å². The number of tetrazole rings is 1. The maximum atomic E-state index is 12.7. The largest absolute Gasteiger partial charge is 0.321 e. The van der Waals surface area contributed by atoms with Crippen LogP contribution in [0, 0.1) is 6.92 Å². The van der Waals surface area contributed by atoms with E-state index in [4.69, 9.17) is 0 Å². The van der Waals surface area contributed by atoms with Gasteiger partial charge in [-0.05, 0) is 58.6 Å². The van der Waals surface area contributed by atoms with Gasteiger partial charge in [0.1, 0.15) is 6.33 Å². The minimum Gasteiger partial charge on any atom is -0.321 e. The second kappa shape index (κ2) is 6.89. The number of aromatic nitrogens is 4. The molecule has 128 valence electrons. The van der Waals surface area contributed by atoms with Gasteiger partial charge in [-0.1, -0.05) is 29.8 Å². The lowest BCUT2D eigenvalue weighted by Crippen LogP contribution is -2.11. The third kappa shape index (κ3) is 3.25. The average Bonchev–Trinajstić information content (AvgIpc) is 3.35. The number of hydrogen-bond acceptors (Lipinski definition) is 5. The Balaban J connectivity index is 1.54. The molecule has 2 aromatic carbocycles. The summed E-state index contributed by atoms with van der Waals surface area (Å²) in [7, 11) is 0. The van der Waals surface area contributed by atoms with Crippen molar-refractivity contribution >= 4 is 22.9 Å². The monoisotopic (exact) mass is 361 g/mol. The van der Waals surface area contributed by atoms with Crippen LogP contribution in [-0.4, -0.2) is 26.1 Å². The molecular weight excluding hydrogens is 346 g/mol. The summed E-state index contributed by atoms with van der Waals surface area (Å²) in [6.07, 6.45) is 1.52. The zero-order valence-corrected chi connectivity index (χ0v) is 14.8. The molecule has 0 saturated carbocycles. The molecule has 4 aromatic rings. The lowest BCUT2D eigenvalue weighted by atomic mass is 10.0. The minimum atomic E-state index is -0.120. The van der Waals surface area contributed by atoms with Gasteiger partial charge in [-0.15, -0.1) is 16.4 Å². The summed E-state index contributed by atoms with van der Waals surface area (Å²) < 4.78 is 1.56. The van der Waals surface area contributed by atoms with Gasteiger partial charge in [0.15, 0.2) is 0 Å². The summed E-state index contributed by atoms with van der Waals surface area (Å²) in [5, 5.41) is 15.9. The zero-order valence-electron chi connectivity index (χ0n) is 14.0. The standard InChI is InChI=1S/C19H15N5OS/c1-13-2-4-14(5-3-13)17-10-11-26-18(17)19(25)21-15-6-8-16(9-7-15)24-12-20-22-23-24/h2-12H,1H3,(H,21,25). The first kappa shape index (κ1) is 16.2. The van der Waals surface area contributed by atoms with Crippen molar-refractivity contribution in [3.05, 3.63) is 76.7 Å². The van der Waals surface area contributed by atoms with Crippen LogP contribution >= 0.6 is 11.3 Å². The highest BCUT2D eigenvalue weighted by Gasteiger charge is 2.15. The van der Waals surface area contributed by atoms with Crippen molar-refractivity contribution in [2.75, 3.05) is 5.32 Å². The van der Waals surface area contributed by atoms with E-state index in [1.165, 1.54) is 23.2 Å². The number of anilines is 1. The number of nitrogens with one attached hydrogen (secondary N) is 1. The minimum absolute atomic E-state index is 0.120. The quantitative estimate of drug-likeness (QED) is 0.597. The van der Waals surface area contributed by atoms with E-state index in [-0.39, 0.29) is 5.91 Å². The fourth-order valence-electron chi connectivity index (χ4n) is 2.61. The van der Waals surface area contributed by atoms with Gasteiger partial charge in [0.2, 0.25) is 0 Å². The lowest BCUT2D eigenvalue weighted by molar-refractivity contribution is 0.103. The van der Waals surface area contributed by atoms with E-state index < -0.39 is 0 Å². The Labute approximate surface area is 154 Å². The van der Waals surface area contributed by atoms with E-state index in [0.29, 0.717) is 4.88 Å². The molecule has 4 rings (SSSR count). The van der Waals surface area contributed by atoms with E-state index >= 15 is 0 Å². The number of carbonyl (C=O) groups is 1. The van der Waals surface area contributed by atoms with Crippen molar-refractivity contribution in [3.63, 3.8) is 0 Å². The number of benzene rings is 2. The summed E-state index contributed by atoms with van der Waals surface area (Å²) in [5.74, 6) is -0.120. The maximum Gasteiger partial charge on any atom is 0.266 e. The molecule has 0 radical (unpaired) electrons. The van der Waals surface area contributed by atoms with E-state index in [2.05, 4.69) is 20.8 Å². The molecule has 0 unspecified atom stereocenters. The molecule has 0 aliphatic rings. The lowest BCUT2D eigenvalue weighted by Gasteiger charge is -2.08. The fourth-order valence-corrected chi connectivity index (χ4v) is 3.42. The van der Waals surface area contributed by atoms with Crippen LogP contribution < -0.4 is 5.32 Å². The molecule has 0 fully saturated rings. The van der Waals surface area contributed by atoms with Crippen molar-refractivity contribution in [1.29, 1.82) is 0 Å². The molecule has 2 heterocycles. The number of amides is 1. The van der Waals surface area contributed by atoms with Crippen molar-refractivity contribution < 1.29 is 4.79 Å². The Morgan fingerprint density at radius 2 is 1.81 bits per heavy atom. The molecule has 1 N–H and O–H groups in total. The molecule has 0 saturated heterocycles. The Morgan fingerprint density at radius 3 is 2.50 bits per heavy atom. The Kier molecular flexibility index (Phi) is 4.28. The molecule has 0 aliphatic heterocycles. The van der Waals surface area contributed by atoms with Crippen LogP contribution in [0.5, 0.6) is 0 Å². The van der Waals surface area contributed by atoms with Crippen molar-refractivity contribution in [3.8, 4) is 16.8 Å². The van der Waals surface area contributed by atoms with E-state index in [0.717, 1.165) is 22.5 Å². The topological polar surface area (TPSA) is 72.7 Å². The molecule has 0 aliphatic carbocycles. The van der Waals surface area contributed by atoms with Gasteiger partial charge in [0.05, 0.1) is 10.6 Å². The van der Waals surface area contributed by atoms with Crippen LogP contribution in [-0.2, 0) is 0 Å². The molecule has 7 heteroatoms. The molecule has 2 aromatic heterocycles. The fraction of sp³-hybridized carbons (Fsp3) is 0.0526. The van der Waals surface area contributed by atoms with Crippen molar-refractivity contribution in [1.82, 2.24) is 20.2 Å². The molecule has 26 heavy (non-hydrogen) atoms. The first-order chi connectivity index (χ1) is 12.7. The highest BCUT2D eigenvalue weighted by molar-refractivity contribution is 7.12. The van der Waals surface area contributed by atoms with Gasteiger partial charge in [-0.3, -0.25) is 4.79 Å². The molecular formula is C19H15N5OS. The zero-order chi connectivity index (χ0) is 17.9. The first-order valence-corrected chi connectivity index (χ1v) is 8.88. The normalized spacial score (nSPS) is 10.7. The number of carbonyl (C=O) groups excluding carboxylic acids is 1. The summed E-state index contributed by atoms with van der Waals surface area (Å²) in [6, 6.07) is 17.5. The van der Waals surface area contributed by atoms with Gasteiger partial charge in [0, 0.05) is 11.3 Å². The van der Waals surface area contributed by atoms with E-state index in [9.17, 15) is 4.79 Å². The average molecular weight is 361 g/mol. The van der Waals surface area contributed by atoms with Gasteiger partial charge in [-0.2, -0.15) is 0 Å². The van der Waals surface area contributed by atoms with Gasteiger partial charge >= 0.3 is 0 Å². The maximum absolute atomic E-state index is 12.7. The number of aryl methyl sites for hydroxylation is 1. The molecule has 0 bridgehead atoms. The van der Waals surface area contributed by atoms with Crippen LogP contribution in [0.25, 0.3) is 16.8 Å². The van der Waals surface area contributed by atoms with Crippen LogP contribution in [0.2, 0.25) is 0 Å². The van der Waals surface area contributed by atoms with Crippen LogP contribution in [0.1, 0.15) is 15.2 Å². The summed E-state index contributed by atoms with van der Waals surface area (Å²) in [5.41, 5.74) is 4.71. The number of rotatable bonds is 4. The second-order valence-electron chi connectivity index (χ2n) is 5.78. The molecule has 1 amide bonds. The third-order valence-corrected chi connectivity index (χ3v) is 4.89. The van der Waals surface area contributed by atoms with E-state index in [1.807, 2.05) is 66.9 Å². The van der Waals surface area contributed by atoms with Crippen molar-refractivity contribution in [2.24, 2.45) is 0 Å². The summed E-state index contributed by atoms with van der Waals surface area (Å²) in [6.45, 7) is 2.05. The van der Waals surface area contributed by atoms with Gasteiger partial charge < -0.3 is 5.32 Å². The van der Waals surface area contributed by atoms with Crippen LogP contribution in [0.4, 0.5) is 5.69 Å². The Bertz CT molecular complexity index is 1020. The smallest absolute Gasteiger partial charge is 0.266 e. The molecule has 0 spiro atoms. The van der Waals surface area contributed by atoms with Crippen molar-refractivity contribution in [2.45, 2.75) is 6.92 Å². The highest BCUT2D eigenvalue weighted by Crippen LogP contribution is 2.29. The second-order valence-corrected chi connectivity index (χ2v) is 6.70. The predicted molar refractivity (Wildman–Crippen MR) is 102 cm³/mol. The highest BCUT2D eigenvalue weighted by atomic mass is 32.1. The van der Waals surface area contributed by atoms with Gasteiger partial charge in [-0.25, -0.2) is 4.68 Å². The third-order valence-electron chi connectivity index (χ3n) is 3.97. The molecule has 6 nitrogen and oxygen atoms in total. The van der Waals surface area contributed by atoms with E-state index in [1.54, 1.807) is 4.68 Å². The predicted octanol–water partition coefficient (Wildman–Crippen LogP) is 3.95. The Morgan fingerprint density at radius 1 is 1.04 bits per heavy atom. The number of nitrogens with zero attached hydrogens (tertiary/aromatic N) is 4. The molecule has 0 atom stereocenters. The summed E-state index contributed by atoms with van der Waals surface area (Å²) >= 11 is 1.43. The number of thiophene rings is 1. The first-order valence-electron chi connectivity index (χ1n) is 8.00. The SMILES string of the molecule is Cc1ccc(-c2ccsc2C(=O)Nc2ccc(-n3cnnn3)cc2)cc1. The van der Waals surface area contributed by atoms with Crippen LogP contribution in [0.15, 0.2) is 66.3 Å². The summed E-state index contributed by atoms with van der Waals surface area (Å²) in [4.78, 5) is 13.4.